The lowest BCUT2D eigenvalue weighted by Crippen LogP contribution is -2.42. The van der Waals surface area contributed by atoms with Crippen LogP contribution >= 0.6 is 0 Å². The Hall–Kier alpha value is -1.43. The molecular formula is C12H20N4O2. The minimum atomic E-state index is -0.287. The van der Waals surface area contributed by atoms with Gasteiger partial charge in [-0.05, 0) is 19.8 Å². The third-order valence-corrected chi connectivity index (χ3v) is 3.34. The highest BCUT2D eigenvalue weighted by molar-refractivity contribution is 5.77. The monoisotopic (exact) mass is 252 g/mol. The van der Waals surface area contributed by atoms with E-state index in [2.05, 4.69) is 15.5 Å². The van der Waals surface area contributed by atoms with Gasteiger partial charge in [0.2, 0.25) is 11.8 Å². The zero-order valence-corrected chi connectivity index (χ0v) is 10.7. The number of nitrogens with one attached hydrogen (secondary N) is 1. The summed E-state index contributed by atoms with van der Waals surface area (Å²) in [5, 5.41) is 6.54. The number of carbonyl (C=O) groups is 1. The molecule has 18 heavy (non-hydrogen) atoms. The Morgan fingerprint density at radius 1 is 1.50 bits per heavy atom. The largest absolute Gasteiger partial charge is 0.356 e. The van der Waals surface area contributed by atoms with Gasteiger partial charge in [-0.1, -0.05) is 18.0 Å². The molecule has 0 aromatic carbocycles. The smallest absolute Gasteiger partial charge is 0.228 e. The molecule has 0 saturated heterocycles. The number of rotatable bonds is 5. The van der Waals surface area contributed by atoms with Gasteiger partial charge in [0.15, 0.2) is 5.82 Å². The standard InChI is InChI=1S/C12H20N4O2/c1-9-15-11(18-16-9)4-7-14-10(17)8-12(13)5-2-3-6-12/h2-8,13H2,1H3,(H,14,17). The molecule has 1 aliphatic rings. The van der Waals surface area contributed by atoms with E-state index in [1.165, 1.54) is 0 Å². The lowest BCUT2D eigenvalue weighted by molar-refractivity contribution is -0.122. The van der Waals surface area contributed by atoms with Crippen molar-refractivity contribution in [3.63, 3.8) is 0 Å². The number of carbonyl (C=O) groups excluding carboxylic acids is 1. The van der Waals surface area contributed by atoms with Crippen molar-refractivity contribution in [2.75, 3.05) is 6.54 Å². The molecule has 3 N–H and O–H groups in total. The van der Waals surface area contributed by atoms with Gasteiger partial charge in [0, 0.05) is 24.9 Å². The summed E-state index contributed by atoms with van der Waals surface area (Å²) in [6, 6.07) is 0. The summed E-state index contributed by atoms with van der Waals surface area (Å²) in [4.78, 5) is 15.8. The second kappa shape index (κ2) is 5.48. The summed E-state index contributed by atoms with van der Waals surface area (Å²) in [6.45, 7) is 2.28. The molecule has 1 aromatic heterocycles. The molecule has 1 fully saturated rings. The average Bonchev–Trinajstić information content (AvgIpc) is 2.88. The number of hydrogen-bond donors (Lipinski definition) is 2. The first kappa shape index (κ1) is 13.0. The first-order valence-corrected chi connectivity index (χ1v) is 6.42. The summed E-state index contributed by atoms with van der Waals surface area (Å²) in [5.41, 5.74) is 5.86. The van der Waals surface area contributed by atoms with E-state index in [1.807, 2.05) is 0 Å². The quantitative estimate of drug-likeness (QED) is 0.804. The van der Waals surface area contributed by atoms with Gasteiger partial charge >= 0.3 is 0 Å². The predicted octanol–water partition coefficient (Wildman–Crippen LogP) is 0.698. The Bertz CT molecular complexity index is 410. The van der Waals surface area contributed by atoms with Crippen LogP contribution in [0.2, 0.25) is 0 Å². The Morgan fingerprint density at radius 2 is 2.22 bits per heavy atom. The fourth-order valence-electron chi connectivity index (χ4n) is 2.39. The van der Waals surface area contributed by atoms with E-state index in [4.69, 9.17) is 10.3 Å². The maximum absolute atomic E-state index is 11.7. The molecule has 1 aromatic rings. The summed E-state index contributed by atoms with van der Waals surface area (Å²) < 4.78 is 4.96. The van der Waals surface area contributed by atoms with E-state index < -0.39 is 0 Å². The molecule has 0 spiro atoms. The highest BCUT2D eigenvalue weighted by Gasteiger charge is 2.31. The van der Waals surface area contributed by atoms with Crippen LogP contribution in [0.1, 0.15) is 43.8 Å². The van der Waals surface area contributed by atoms with Gasteiger partial charge in [0.1, 0.15) is 0 Å². The van der Waals surface area contributed by atoms with Crippen LogP contribution in [0.3, 0.4) is 0 Å². The van der Waals surface area contributed by atoms with Crippen LogP contribution in [0.15, 0.2) is 4.52 Å². The lowest BCUT2D eigenvalue weighted by Gasteiger charge is -2.22. The van der Waals surface area contributed by atoms with Crippen LogP contribution in [0.5, 0.6) is 0 Å². The Kier molecular flexibility index (Phi) is 3.96. The molecule has 100 valence electrons. The molecule has 0 bridgehead atoms. The second-order valence-electron chi connectivity index (χ2n) is 5.08. The van der Waals surface area contributed by atoms with Crippen LogP contribution < -0.4 is 11.1 Å². The zero-order chi connectivity index (χ0) is 13.0. The Labute approximate surface area is 106 Å². The zero-order valence-electron chi connectivity index (χ0n) is 10.7. The van der Waals surface area contributed by atoms with Gasteiger partial charge < -0.3 is 15.6 Å². The second-order valence-corrected chi connectivity index (χ2v) is 5.08. The maximum Gasteiger partial charge on any atom is 0.228 e. The first-order valence-electron chi connectivity index (χ1n) is 6.42. The van der Waals surface area contributed by atoms with Crippen molar-refractivity contribution < 1.29 is 9.32 Å². The van der Waals surface area contributed by atoms with Crippen LogP contribution in [0.25, 0.3) is 0 Å². The van der Waals surface area contributed by atoms with Crippen molar-refractivity contribution >= 4 is 5.91 Å². The Morgan fingerprint density at radius 3 is 2.83 bits per heavy atom. The number of aryl methyl sites for hydroxylation is 1. The van der Waals surface area contributed by atoms with Crippen molar-refractivity contribution in [3.8, 4) is 0 Å². The normalized spacial score (nSPS) is 17.9. The van der Waals surface area contributed by atoms with Crippen molar-refractivity contribution in [1.29, 1.82) is 0 Å². The van der Waals surface area contributed by atoms with Gasteiger partial charge in [-0.3, -0.25) is 4.79 Å². The van der Waals surface area contributed by atoms with Crippen LogP contribution in [-0.2, 0) is 11.2 Å². The SMILES string of the molecule is Cc1noc(CCNC(=O)CC2(N)CCCC2)n1. The molecule has 1 aliphatic carbocycles. The molecule has 6 heteroatoms. The third kappa shape index (κ3) is 3.53. The predicted molar refractivity (Wildman–Crippen MR) is 65.8 cm³/mol. The van der Waals surface area contributed by atoms with Crippen molar-refractivity contribution in [2.45, 2.75) is 51.0 Å². The molecule has 0 atom stereocenters. The lowest BCUT2D eigenvalue weighted by atomic mass is 9.94. The summed E-state index contributed by atoms with van der Waals surface area (Å²) in [7, 11) is 0. The molecule has 1 amide bonds. The number of amides is 1. The van der Waals surface area contributed by atoms with Crippen LogP contribution in [-0.4, -0.2) is 28.1 Å². The van der Waals surface area contributed by atoms with Crippen molar-refractivity contribution in [1.82, 2.24) is 15.5 Å². The topological polar surface area (TPSA) is 94.0 Å². The highest BCUT2D eigenvalue weighted by atomic mass is 16.5. The number of hydrogen-bond acceptors (Lipinski definition) is 5. The number of nitrogens with two attached hydrogens (primary N) is 1. The summed E-state index contributed by atoms with van der Waals surface area (Å²) in [6.07, 6.45) is 5.13. The van der Waals surface area contributed by atoms with E-state index in [0.717, 1.165) is 25.7 Å². The first-order chi connectivity index (χ1) is 8.57. The van der Waals surface area contributed by atoms with Crippen molar-refractivity contribution in [3.05, 3.63) is 11.7 Å². The molecule has 1 saturated carbocycles. The van der Waals surface area contributed by atoms with Gasteiger partial charge in [0.05, 0.1) is 0 Å². The third-order valence-electron chi connectivity index (χ3n) is 3.34. The fourth-order valence-corrected chi connectivity index (χ4v) is 2.39. The van der Waals surface area contributed by atoms with E-state index in [9.17, 15) is 4.79 Å². The molecule has 2 rings (SSSR count). The fraction of sp³-hybridized carbons (Fsp3) is 0.750. The highest BCUT2D eigenvalue weighted by Crippen LogP contribution is 2.29. The number of aromatic nitrogens is 2. The van der Waals surface area contributed by atoms with E-state index in [-0.39, 0.29) is 11.4 Å². The van der Waals surface area contributed by atoms with Gasteiger partial charge in [-0.25, -0.2) is 0 Å². The maximum atomic E-state index is 11.7. The minimum Gasteiger partial charge on any atom is -0.356 e. The van der Waals surface area contributed by atoms with Crippen molar-refractivity contribution in [2.24, 2.45) is 5.73 Å². The van der Waals surface area contributed by atoms with E-state index in [1.54, 1.807) is 6.92 Å². The number of nitrogens with zero attached hydrogens (tertiary/aromatic N) is 2. The molecule has 0 unspecified atom stereocenters. The molecule has 6 nitrogen and oxygen atoms in total. The Balaban J connectivity index is 1.68. The van der Waals surface area contributed by atoms with E-state index in [0.29, 0.717) is 31.1 Å². The molecule has 1 heterocycles. The molecular weight excluding hydrogens is 232 g/mol. The summed E-state index contributed by atoms with van der Waals surface area (Å²) in [5.74, 6) is 1.18. The minimum absolute atomic E-state index is 0.00985. The van der Waals surface area contributed by atoms with E-state index >= 15 is 0 Å². The van der Waals surface area contributed by atoms with Gasteiger partial charge in [0.25, 0.3) is 0 Å². The molecule has 0 aliphatic heterocycles. The molecule has 0 radical (unpaired) electrons. The van der Waals surface area contributed by atoms with Gasteiger partial charge in [-0.15, -0.1) is 0 Å². The van der Waals surface area contributed by atoms with Crippen LogP contribution in [0, 0.1) is 6.92 Å². The van der Waals surface area contributed by atoms with Gasteiger partial charge in [-0.2, -0.15) is 4.98 Å². The van der Waals surface area contributed by atoms with Crippen LogP contribution in [0.4, 0.5) is 0 Å². The summed E-state index contributed by atoms with van der Waals surface area (Å²) >= 11 is 0. The average molecular weight is 252 g/mol.